The minimum atomic E-state index is -0.197. The van der Waals surface area contributed by atoms with Crippen LogP contribution in [0, 0.1) is 11.8 Å². The van der Waals surface area contributed by atoms with Crippen LogP contribution in [0.5, 0.6) is 0 Å². The zero-order chi connectivity index (χ0) is 21.6. The normalized spacial score (nSPS) is 15.5. The quantitative estimate of drug-likeness (QED) is 0.664. The standard InChI is InChI=1S/C26H26N4O/c1-29(2)25-14-15-30(19-25)24-12-10-23(11-13-24)28-26(31)22-16-21(17-27-18-22)9-8-20-6-4-3-5-7-20/h3-7,10-13,16-18,25H,14-15,19H2,1-2H3,(H,28,31). The van der Waals surface area contributed by atoms with Crippen molar-refractivity contribution in [3.8, 4) is 11.8 Å². The van der Waals surface area contributed by atoms with Crippen LogP contribution in [-0.4, -0.2) is 49.0 Å². The van der Waals surface area contributed by atoms with Crippen molar-refractivity contribution >= 4 is 17.3 Å². The van der Waals surface area contributed by atoms with E-state index in [2.05, 4.69) is 58.2 Å². The zero-order valence-electron chi connectivity index (χ0n) is 17.9. The molecule has 1 atom stereocenters. The number of benzene rings is 2. The van der Waals surface area contributed by atoms with Gasteiger partial charge in [0.2, 0.25) is 0 Å². The summed E-state index contributed by atoms with van der Waals surface area (Å²) in [6.07, 6.45) is 4.39. The maximum absolute atomic E-state index is 12.7. The highest BCUT2D eigenvalue weighted by molar-refractivity contribution is 6.04. The lowest BCUT2D eigenvalue weighted by atomic mass is 10.1. The summed E-state index contributed by atoms with van der Waals surface area (Å²) in [5, 5.41) is 2.95. The Morgan fingerprint density at radius 2 is 1.77 bits per heavy atom. The average molecular weight is 411 g/mol. The van der Waals surface area contributed by atoms with E-state index in [1.165, 1.54) is 12.1 Å². The third-order valence-electron chi connectivity index (χ3n) is 5.51. The number of anilines is 2. The van der Waals surface area contributed by atoms with Crippen LogP contribution in [0.25, 0.3) is 0 Å². The van der Waals surface area contributed by atoms with Crippen molar-refractivity contribution in [2.45, 2.75) is 12.5 Å². The molecule has 1 N–H and O–H groups in total. The van der Waals surface area contributed by atoms with Crippen LogP contribution in [0.2, 0.25) is 0 Å². The van der Waals surface area contributed by atoms with E-state index in [0.717, 1.165) is 24.3 Å². The van der Waals surface area contributed by atoms with Gasteiger partial charge in [0, 0.05) is 54.0 Å². The molecule has 4 rings (SSSR count). The number of nitrogens with one attached hydrogen (secondary N) is 1. The predicted molar refractivity (Wildman–Crippen MR) is 125 cm³/mol. The number of pyridine rings is 1. The third kappa shape index (κ3) is 5.30. The van der Waals surface area contributed by atoms with Gasteiger partial charge in [-0.2, -0.15) is 0 Å². The molecule has 0 saturated carbocycles. The van der Waals surface area contributed by atoms with Gasteiger partial charge in [-0.05, 0) is 63.0 Å². The first-order valence-electron chi connectivity index (χ1n) is 10.4. The minimum absolute atomic E-state index is 0.197. The van der Waals surface area contributed by atoms with Gasteiger partial charge in [-0.3, -0.25) is 9.78 Å². The fraction of sp³-hybridized carbons (Fsp3) is 0.231. The Bertz CT molecular complexity index is 1100. The van der Waals surface area contributed by atoms with Crippen molar-refractivity contribution in [3.05, 3.63) is 89.7 Å². The smallest absolute Gasteiger partial charge is 0.257 e. The first kappa shape index (κ1) is 20.6. The number of rotatable bonds is 4. The van der Waals surface area contributed by atoms with Crippen molar-refractivity contribution in [2.24, 2.45) is 0 Å². The van der Waals surface area contributed by atoms with E-state index in [-0.39, 0.29) is 5.91 Å². The van der Waals surface area contributed by atoms with Crippen molar-refractivity contribution in [1.29, 1.82) is 0 Å². The molecular formula is C26H26N4O. The summed E-state index contributed by atoms with van der Waals surface area (Å²) in [6.45, 7) is 2.08. The Morgan fingerprint density at radius 1 is 1.03 bits per heavy atom. The molecule has 5 nitrogen and oxygen atoms in total. The fourth-order valence-electron chi connectivity index (χ4n) is 3.65. The number of carbonyl (C=O) groups excluding carboxylic acids is 1. The molecule has 1 unspecified atom stereocenters. The SMILES string of the molecule is CN(C)C1CCN(c2ccc(NC(=O)c3cncc(C#Cc4ccccc4)c3)cc2)C1. The Hall–Kier alpha value is -3.62. The summed E-state index contributed by atoms with van der Waals surface area (Å²) >= 11 is 0. The van der Waals surface area contributed by atoms with Crippen molar-refractivity contribution in [3.63, 3.8) is 0 Å². The Labute approximate surface area is 183 Å². The van der Waals surface area contributed by atoms with E-state index in [1.807, 2.05) is 42.5 Å². The van der Waals surface area contributed by atoms with E-state index in [0.29, 0.717) is 17.2 Å². The highest BCUT2D eigenvalue weighted by Crippen LogP contribution is 2.24. The van der Waals surface area contributed by atoms with Gasteiger partial charge < -0.3 is 15.1 Å². The molecule has 5 heteroatoms. The predicted octanol–water partition coefficient (Wildman–Crippen LogP) is 3.87. The molecule has 1 saturated heterocycles. The molecule has 31 heavy (non-hydrogen) atoms. The maximum atomic E-state index is 12.7. The largest absolute Gasteiger partial charge is 0.370 e. The highest BCUT2D eigenvalue weighted by Gasteiger charge is 2.23. The lowest BCUT2D eigenvalue weighted by Gasteiger charge is -2.22. The zero-order valence-corrected chi connectivity index (χ0v) is 17.9. The molecule has 0 bridgehead atoms. The monoisotopic (exact) mass is 410 g/mol. The second kappa shape index (κ2) is 9.46. The molecule has 0 aliphatic carbocycles. The maximum Gasteiger partial charge on any atom is 0.257 e. The lowest BCUT2D eigenvalue weighted by molar-refractivity contribution is 0.102. The summed E-state index contributed by atoms with van der Waals surface area (Å²) in [5.41, 5.74) is 4.06. The number of nitrogens with zero attached hydrogens (tertiary/aromatic N) is 3. The summed E-state index contributed by atoms with van der Waals surface area (Å²) in [7, 11) is 4.26. The van der Waals surface area contributed by atoms with E-state index in [9.17, 15) is 4.79 Å². The molecule has 0 spiro atoms. The molecule has 1 aliphatic heterocycles. The number of hydrogen-bond acceptors (Lipinski definition) is 4. The van der Waals surface area contributed by atoms with Crippen molar-refractivity contribution in [1.82, 2.24) is 9.88 Å². The summed E-state index contributed by atoms with van der Waals surface area (Å²) in [4.78, 5) is 21.5. The molecule has 0 radical (unpaired) electrons. The van der Waals surface area contributed by atoms with Crippen LogP contribution in [0.4, 0.5) is 11.4 Å². The van der Waals surface area contributed by atoms with Crippen LogP contribution >= 0.6 is 0 Å². The van der Waals surface area contributed by atoms with Gasteiger partial charge in [-0.1, -0.05) is 30.0 Å². The number of likely N-dealkylation sites (N-methyl/N-ethyl adjacent to an activating group) is 1. The third-order valence-corrected chi connectivity index (χ3v) is 5.51. The second-order valence-electron chi connectivity index (χ2n) is 7.93. The van der Waals surface area contributed by atoms with Gasteiger partial charge in [-0.15, -0.1) is 0 Å². The van der Waals surface area contributed by atoms with E-state index >= 15 is 0 Å². The van der Waals surface area contributed by atoms with Crippen LogP contribution in [0.15, 0.2) is 73.1 Å². The van der Waals surface area contributed by atoms with Crippen molar-refractivity contribution in [2.75, 3.05) is 37.4 Å². The molecule has 1 aromatic heterocycles. The van der Waals surface area contributed by atoms with Crippen LogP contribution in [0.3, 0.4) is 0 Å². The highest BCUT2D eigenvalue weighted by atomic mass is 16.1. The summed E-state index contributed by atoms with van der Waals surface area (Å²) in [6, 6.07) is 20.1. The number of carbonyl (C=O) groups is 1. The van der Waals surface area contributed by atoms with Gasteiger partial charge in [0.05, 0.1) is 5.56 Å². The minimum Gasteiger partial charge on any atom is -0.370 e. The van der Waals surface area contributed by atoms with E-state index < -0.39 is 0 Å². The van der Waals surface area contributed by atoms with Gasteiger partial charge in [0.25, 0.3) is 5.91 Å². The second-order valence-corrected chi connectivity index (χ2v) is 7.93. The van der Waals surface area contributed by atoms with Crippen LogP contribution in [0.1, 0.15) is 27.9 Å². The molecule has 1 aliphatic rings. The molecular weight excluding hydrogens is 384 g/mol. The molecule has 2 heterocycles. The van der Waals surface area contributed by atoms with Crippen LogP contribution < -0.4 is 10.2 Å². The Kier molecular flexibility index (Phi) is 6.30. The molecule has 1 fully saturated rings. The molecule has 2 aromatic carbocycles. The first-order valence-corrected chi connectivity index (χ1v) is 10.4. The summed E-state index contributed by atoms with van der Waals surface area (Å²) < 4.78 is 0. The first-order chi connectivity index (χ1) is 15.1. The van der Waals surface area contributed by atoms with Gasteiger partial charge >= 0.3 is 0 Å². The lowest BCUT2D eigenvalue weighted by Crippen LogP contribution is -2.31. The summed E-state index contributed by atoms with van der Waals surface area (Å²) in [5.74, 6) is 5.96. The van der Waals surface area contributed by atoms with Crippen LogP contribution in [-0.2, 0) is 0 Å². The Morgan fingerprint density at radius 3 is 2.48 bits per heavy atom. The van der Waals surface area contributed by atoms with Crippen molar-refractivity contribution < 1.29 is 4.79 Å². The molecule has 1 amide bonds. The van der Waals surface area contributed by atoms with E-state index in [1.54, 1.807) is 18.5 Å². The van der Waals surface area contributed by atoms with Gasteiger partial charge in [0.15, 0.2) is 0 Å². The molecule has 3 aromatic rings. The van der Waals surface area contributed by atoms with Gasteiger partial charge in [-0.25, -0.2) is 0 Å². The number of amides is 1. The number of aromatic nitrogens is 1. The molecule has 156 valence electrons. The topological polar surface area (TPSA) is 48.5 Å². The van der Waals surface area contributed by atoms with E-state index in [4.69, 9.17) is 0 Å². The fourth-order valence-corrected chi connectivity index (χ4v) is 3.65. The number of hydrogen-bond donors (Lipinski definition) is 1. The Balaban J connectivity index is 1.40. The van der Waals surface area contributed by atoms with Gasteiger partial charge in [0.1, 0.15) is 0 Å². The average Bonchev–Trinajstić information content (AvgIpc) is 3.30.